The number of hydrogen-bond acceptors (Lipinski definition) is 5. The van der Waals surface area contributed by atoms with E-state index in [0.29, 0.717) is 22.2 Å². The van der Waals surface area contributed by atoms with Crippen molar-refractivity contribution >= 4 is 42.5 Å². The van der Waals surface area contributed by atoms with Gasteiger partial charge in [0.15, 0.2) is 0 Å². The van der Waals surface area contributed by atoms with E-state index in [2.05, 4.69) is 10.0 Å². The number of sulfonamides is 1. The van der Waals surface area contributed by atoms with Gasteiger partial charge in [0.25, 0.3) is 10.0 Å². The number of para-hydroxylation sites is 2. The number of aromatic nitrogens is 1. The smallest absolute Gasteiger partial charge is 0.268 e. The summed E-state index contributed by atoms with van der Waals surface area (Å²) in [5.41, 5.74) is 2.17. The van der Waals surface area contributed by atoms with Gasteiger partial charge in [0.05, 0.1) is 21.3 Å². The Bertz CT molecular complexity index is 1870. The van der Waals surface area contributed by atoms with E-state index in [1.54, 1.807) is 78.9 Å². The first-order valence-electron chi connectivity index (χ1n) is 12.5. The molecule has 0 bridgehead atoms. The van der Waals surface area contributed by atoms with Gasteiger partial charge in [-0.15, -0.1) is 0 Å². The molecule has 0 saturated carbocycles. The summed E-state index contributed by atoms with van der Waals surface area (Å²) in [6.07, 6.45) is 1.12. The van der Waals surface area contributed by atoms with Gasteiger partial charge in [0.1, 0.15) is 0 Å². The lowest BCUT2D eigenvalue weighted by Gasteiger charge is -2.19. The minimum Gasteiger partial charge on any atom is -0.326 e. The molecule has 0 radical (unpaired) electrons. The molecule has 8 nitrogen and oxygen atoms in total. The Labute approximate surface area is 233 Å². The molecular formula is C30H27N3O5S2. The normalized spacial score (nSPS) is 12.7. The summed E-state index contributed by atoms with van der Waals surface area (Å²) in [5, 5.41) is 3.29. The quantitative estimate of drug-likeness (QED) is 0.251. The minimum absolute atomic E-state index is 0.0345. The van der Waals surface area contributed by atoms with Gasteiger partial charge in [0, 0.05) is 23.7 Å². The summed E-state index contributed by atoms with van der Waals surface area (Å²) in [5.74, 6) is -0.439. The number of aryl methyl sites for hydroxylation is 1. The van der Waals surface area contributed by atoms with E-state index in [4.69, 9.17) is 0 Å². The zero-order chi connectivity index (χ0) is 28.3. The Morgan fingerprint density at radius 3 is 2.02 bits per heavy atom. The third-order valence-electron chi connectivity index (χ3n) is 6.46. The van der Waals surface area contributed by atoms with Crippen LogP contribution in [-0.2, 0) is 24.8 Å². The summed E-state index contributed by atoms with van der Waals surface area (Å²) in [4.78, 5) is 13.3. The Kier molecular flexibility index (Phi) is 7.57. The van der Waals surface area contributed by atoms with Crippen LogP contribution < -0.4 is 10.0 Å². The fraction of sp³-hybridized carbons (Fsp3) is 0.100. The van der Waals surface area contributed by atoms with Crippen LogP contribution in [0.5, 0.6) is 0 Å². The van der Waals surface area contributed by atoms with Crippen molar-refractivity contribution in [1.29, 1.82) is 0 Å². The second-order valence-corrected chi connectivity index (χ2v) is 12.8. The molecule has 1 heterocycles. The van der Waals surface area contributed by atoms with Crippen molar-refractivity contribution in [2.24, 2.45) is 0 Å². The van der Waals surface area contributed by atoms with E-state index in [9.17, 15) is 21.6 Å². The Balaban J connectivity index is 1.60. The first-order chi connectivity index (χ1) is 19.1. The van der Waals surface area contributed by atoms with Crippen LogP contribution in [0.4, 0.5) is 5.69 Å². The molecule has 1 atom stereocenters. The zero-order valence-corrected chi connectivity index (χ0v) is 23.2. The number of amides is 1. The highest BCUT2D eigenvalue weighted by Gasteiger charge is 2.29. The molecule has 0 spiro atoms. The number of anilines is 1. The van der Waals surface area contributed by atoms with Crippen LogP contribution >= 0.6 is 0 Å². The van der Waals surface area contributed by atoms with Crippen LogP contribution in [0.15, 0.2) is 125 Å². The summed E-state index contributed by atoms with van der Waals surface area (Å²) in [6, 6.07) is 28.9. The van der Waals surface area contributed by atoms with Crippen LogP contribution in [0, 0.1) is 6.92 Å². The molecule has 1 amide bonds. The molecular weight excluding hydrogens is 546 g/mol. The summed E-state index contributed by atoms with van der Waals surface area (Å²) in [7, 11) is -8.10. The Hall–Kier alpha value is -4.25. The maximum atomic E-state index is 13.6. The monoisotopic (exact) mass is 573 g/mol. The van der Waals surface area contributed by atoms with E-state index in [1.807, 2.05) is 13.0 Å². The van der Waals surface area contributed by atoms with Gasteiger partial charge >= 0.3 is 0 Å². The predicted molar refractivity (Wildman–Crippen MR) is 155 cm³/mol. The van der Waals surface area contributed by atoms with Crippen molar-refractivity contribution in [3.8, 4) is 0 Å². The Morgan fingerprint density at radius 1 is 0.750 bits per heavy atom. The van der Waals surface area contributed by atoms with Gasteiger partial charge in [-0.3, -0.25) is 4.79 Å². The van der Waals surface area contributed by atoms with Crippen molar-refractivity contribution < 1.29 is 21.6 Å². The Morgan fingerprint density at radius 2 is 1.35 bits per heavy atom. The van der Waals surface area contributed by atoms with Crippen LogP contribution in [0.1, 0.15) is 23.6 Å². The number of hydrogen-bond donors (Lipinski definition) is 2. The molecule has 4 aromatic carbocycles. The van der Waals surface area contributed by atoms with Crippen LogP contribution in [0.25, 0.3) is 10.9 Å². The largest absolute Gasteiger partial charge is 0.326 e. The van der Waals surface area contributed by atoms with Gasteiger partial charge in [0.2, 0.25) is 15.9 Å². The van der Waals surface area contributed by atoms with E-state index in [1.165, 1.54) is 30.5 Å². The second-order valence-electron chi connectivity index (χ2n) is 9.32. The third-order valence-corrected chi connectivity index (χ3v) is 9.64. The molecule has 1 aromatic heterocycles. The number of carbonyl (C=O) groups excluding carboxylic acids is 1. The molecule has 204 valence electrons. The SMILES string of the molecule is Cc1ccc(S(=O)(=O)NC(CC(=O)Nc2ccccc2)c2cn(S(=O)(=O)c3ccccc3)c3ccccc23)cc1. The van der Waals surface area contributed by atoms with Crippen molar-refractivity contribution in [3.63, 3.8) is 0 Å². The number of nitrogens with one attached hydrogen (secondary N) is 2. The highest BCUT2D eigenvalue weighted by molar-refractivity contribution is 7.90. The molecule has 1 unspecified atom stereocenters. The number of rotatable bonds is 9. The van der Waals surface area contributed by atoms with Gasteiger partial charge < -0.3 is 5.32 Å². The molecule has 0 aliphatic rings. The second kappa shape index (κ2) is 11.1. The van der Waals surface area contributed by atoms with E-state index in [-0.39, 0.29) is 16.2 Å². The lowest BCUT2D eigenvalue weighted by molar-refractivity contribution is -0.116. The van der Waals surface area contributed by atoms with Crippen LogP contribution in [0.2, 0.25) is 0 Å². The predicted octanol–water partition coefficient (Wildman–Crippen LogP) is 5.24. The van der Waals surface area contributed by atoms with Crippen LogP contribution in [-0.4, -0.2) is 26.7 Å². The number of fused-ring (bicyclic) bond motifs is 1. The molecule has 5 aromatic rings. The lowest BCUT2D eigenvalue weighted by Crippen LogP contribution is -2.31. The maximum absolute atomic E-state index is 13.6. The first-order valence-corrected chi connectivity index (χ1v) is 15.4. The maximum Gasteiger partial charge on any atom is 0.268 e. The number of nitrogens with zero attached hydrogens (tertiary/aromatic N) is 1. The van der Waals surface area contributed by atoms with Gasteiger partial charge in [-0.2, -0.15) is 0 Å². The third kappa shape index (κ3) is 5.69. The summed E-state index contributed by atoms with van der Waals surface area (Å²) < 4.78 is 58.0. The molecule has 5 rings (SSSR count). The summed E-state index contributed by atoms with van der Waals surface area (Å²) >= 11 is 0. The molecule has 0 aliphatic carbocycles. The molecule has 0 fully saturated rings. The minimum atomic E-state index is -4.08. The van der Waals surface area contributed by atoms with Gasteiger partial charge in [-0.1, -0.05) is 72.3 Å². The molecule has 2 N–H and O–H groups in total. The topological polar surface area (TPSA) is 114 Å². The molecule has 0 aliphatic heterocycles. The number of benzene rings is 4. The van der Waals surface area contributed by atoms with E-state index < -0.39 is 32.0 Å². The van der Waals surface area contributed by atoms with Crippen LogP contribution in [0.3, 0.4) is 0 Å². The highest BCUT2D eigenvalue weighted by Crippen LogP contribution is 2.32. The lowest BCUT2D eigenvalue weighted by atomic mass is 10.0. The van der Waals surface area contributed by atoms with Crippen molar-refractivity contribution in [1.82, 2.24) is 8.69 Å². The average Bonchev–Trinajstić information content (AvgIpc) is 3.34. The van der Waals surface area contributed by atoms with Crippen molar-refractivity contribution in [3.05, 3.63) is 127 Å². The highest BCUT2D eigenvalue weighted by atomic mass is 32.2. The van der Waals surface area contributed by atoms with E-state index in [0.717, 1.165) is 9.54 Å². The number of carbonyl (C=O) groups is 1. The standard InChI is InChI=1S/C30H27N3O5S2/c1-22-16-18-24(19-17-22)39(35,36)32-28(20-30(34)31-23-10-4-2-5-11-23)27-21-33(29-15-9-8-14-26(27)29)40(37,38)25-12-6-3-7-13-25/h2-19,21,28,32H,20H2,1H3,(H,31,34). The zero-order valence-electron chi connectivity index (χ0n) is 21.6. The molecule has 10 heteroatoms. The molecule has 0 saturated heterocycles. The fourth-order valence-corrected chi connectivity index (χ4v) is 7.08. The van der Waals surface area contributed by atoms with Gasteiger partial charge in [-0.05, 0) is 55.0 Å². The van der Waals surface area contributed by atoms with E-state index >= 15 is 0 Å². The van der Waals surface area contributed by atoms with Crippen molar-refractivity contribution in [2.45, 2.75) is 29.2 Å². The fourth-order valence-electron chi connectivity index (χ4n) is 4.46. The first kappa shape index (κ1) is 27.3. The average molecular weight is 574 g/mol. The van der Waals surface area contributed by atoms with Crippen molar-refractivity contribution in [2.75, 3.05) is 5.32 Å². The summed E-state index contributed by atoms with van der Waals surface area (Å²) in [6.45, 7) is 1.85. The molecule has 40 heavy (non-hydrogen) atoms. The van der Waals surface area contributed by atoms with Gasteiger partial charge in [-0.25, -0.2) is 25.5 Å².